The smallest absolute Gasteiger partial charge is 0.303 e. The van der Waals surface area contributed by atoms with Crippen LogP contribution in [0.15, 0.2) is 11.8 Å². The maximum Gasteiger partial charge on any atom is 0.303 e. The molecule has 0 aromatic heterocycles. The van der Waals surface area contributed by atoms with Gasteiger partial charge >= 0.3 is 5.97 Å². The molecular formula is C14H21N3O4. The molecule has 0 saturated carbocycles. The maximum absolute atomic E-state index is 11.8. The zero-order valence-electron chi connectivity index (χ0n) is 12.3. The second-order valence-electron chi connectivity index (χ2n) is 5.12. The number of carboxylic acids is 1. The first-order valence-electron chi connectivity index (χ1n) is 6.93. The lowest BCUT2D eigenvalue weighted by molar-refractivity contribution is -0.137. The van der Waals surface area contributed by atoms with Gasteiger partial charge < -0.3 is 20.1 Å². The molecule has 1 aliphatic rings. The van der Waals surface area contributed by atoms with Gasteiger partial charge in [-0.25, -0.2) is 0 Å². The van der Waals surface area contributed by atoms with Crippen molar-refractivity contribution in [2.24, 2.45) is 0 Å². The fourth-order valence-corrected chi connectivity index (χ4v) is 2.18. The van der Waals surface area contributed by atoms with Crippen LogP contribution in [0.2, 0.25) is 0 Å². The summed E-state index contributed by atoms with van der Waals surface area (Å²) in [6.07, 6.45) is 1.96. The van der Waals surface area contributed by atoms with Crippen molar-refractivity contribution < 1.29 is 19.4 Å². The molecule has 2 N–H and O–H groups in total. The van der Waals surface area contributed by atoms with E-state index in [4.69, 9.17) is 15.1 Å². The van der Waals surface area contributed by atoms with Gasteiger partial charge in [-0.15, -0.1) is 0 Å². The molecule has 1 aliphatic heterocycles. The zero-order chi connectivity index (χ0) is 15.8. The minimum Gasteiger partial charge on any atom is -0.481 e. The molecule has 0 aliphatic carbocycles. The first-order valence-corrected chi connectivity index (χ1v) is 6.93. The van der Waals surface area contributed by atoms with Gasteiger partial charge in [0.1, 0.15) is 11.6 Å². The van der Waals surface area contributed by atoms with Crippen LogP contribution in [0.3, 0.4) is 0 Å². The Kier molecular flexibility index (Phi) is 6.69. The van der Waals surface area contributed by atoms with E-state index in [9.17, 15) is 9.59 Å². The normalized spacial score (nSPS) is 22.5. The van der Waals surface area contributed by atoms with Crippen LogP contribution in [0.1, 0.15) is 26.7 Å². The predicted molar refractivity (Wildman–Crippen MR) is 75.2 cm³/mol. The van der Waals surface area contributed by atoms with Crippen molar-refractivity contribution in [1.29, 1.82) is 5.26 Å². The summed E-state index contributed by atoms with van der Waals surface area (Å²) >= 11 is 0. The summed E-state index contributed by atoms with van der Waals surface area (Å²) in [6, 6.07) is 1.88. The number of hydrogen-bond donors (Lipinski definition) is 2. The molecule has 0 bridgehead atoms. The van der Waals surface area contributed by atoms with E-state index in [1.54, 1.807) is 6.20 Å². The molecule has 0 spiro atoms. The van der Waals surface area contributed by atoms with E-state index < -0.39 is 11.9 Å². The Balaban J connectivity index is 2.52. The van der Waals surface area contributed by atoms with Crippen molar-refractivity contribution >= 4 is 11.9 Å². The minimum absolute atomic E-state index is 0.00955. The van der Waals surface area contributed by atoms with Gasteiger partial charge in [0.2, 0.25) is 0 Å². The number of nitriles is 1. The molecule has 116 valence electrons. The number of hydrogen-bond acceptors (Lipinski definition) is 5. The third-order valence-corrected chi connectivity index (χ3v) is 2.98. The molecule has 7 heteroatoms. The van der Waals surface area contributed by atoms with Gasteiger partial charge in [0.25, 0.3) is 5.91 Å². The van der Waals surface area contributed by atoms with E-state index in [1.165, 1.54) is 0 Å². The average Bonchev–Trinajstić information content (AvgIpc) is 2.39. The zero-order valence-corrected chi connectivity index (χ0v) is 12.3. The molecule has 0 radical (unpaired) electrons. The molecule has 1 heterocycles. The van der Waals surface area contributed by atoms with Crippen LogP contribution in [-0.2, 0) is 14.3 Å². The summed E-state index contributed by atoms with van der Waals surface area (Å²) < 4.78 is 5.58. The third-order valence-electron chi connectivity index (χ3n) is 2.98. The monoisotopic (exact) mass is 295 g/mol. The molecule has 1 saturated heterocycles. The molecule has 1 fully saturated rings. The number of nitrogens with one attached hydrogen (secondary N) is 1. The van der Waals surface area contributed by atoms with Crippen LogP contribution < -0.4 is 5.32 Å². The van der Waals surface area contributed by atoms with E-state index in [0.717, 1.165) is 0 Å². The Hall–Kier alpha value is -2.07. The first kappa shape index (κ1) is 17.0. The van der Waals surface area contributed by atoms with Crippen molar-refractivity contribution in [2.75, 3.05) is 19.6 Å². The quantitative estimate of drug-likeness (QED) is 0.420. The summed E-state index contributed by atoms with van der Waals surface area (Å²) in [5.74, 6) is -1.38. The van der Waals surface area contributed by atoms with Crippen LogP contribution in [0.25, 0.3) is 0 Å². The Morgan fingerprint density at radius 2 is 2.05 bits per heavy atom. The maximum atomic E-state index is 11.8. The van der Waals surface area contributed by atoms with Gasteiger partial charge in [0, 0.05) is 32.3 Å². The number of nitrogens with zero attached hydrogens (tertiary/aromatic N) is 2. The summed E-state index contributed by atoms with van der Waals surface area (Å²) in [4.78, 5) is 24.1. The van der Waals surface area contributed by atoms with Crippen LogP contribution in [-0.4, -0.2) is 53.7 Å². The van der Waals surface area contributed by atoms with Crippen molar-refractivity contribution in [3.05, 3.63) is 11.8 Å². The van der Waals surface area contributed by atoms with Gasteiger partial charge in [-0.3, -0.25) is 9.59 Å². The Labute approximate surface area is 124 Å². The lowest BCUT2D eigenvalue weighted by Crippen LogP contribution is -2.43. The topological polar surface area (TPSA) is 103 Å². The molecule has 0 aromatic rings. The Morgan fingerprint density at radius 3 is 2.57 bits per heavy atom. The highest BCUT2D eigenvalue weighted by atomic mass is 16.5. The molecule has 0 aromatic carbocycles. The molecule has 21 heavy (non-hydrogen) atoms. The number of carbonyl (C=O) groups excluding carboxylic acids is 1. The van der Waals surface area contributed by atoms with E-state index in [-0.39, 0.29) is 30.7 Å². The molecule has 1 amide bonds. The number of ether oxygens (including phenoxy) is 1. The molecule has 2 atom stereocenters. The first-order chi connectivity index (χ1) is 9.92. The molecule has 2 unspecified atom stereocenters. The van der Waals surface area contributed by atoms with Gasteiger partial charge in [0.15, 0.2) is 0 Å². The lowest BCUT2D eigenvalue weighted by Gasteiger charge is -2.34. The van der Waals surface area contributed by atoms with E-state index in [1.807, 2.05) is 24.8 Å². The standard InChI is InChI=1S/C14H21N3O4/c1-10-7-17(8-11(2)21-10)9-12(6-15)14(20)16-5-3-4-13(18)19/h9-11H,3-5,7-8H2,1-2H3,(H,16,20)(H,18,19)/b12-9-. The summed E-state index contributed by atoms with van der Waals surface area (Å²) in [7, 11) is 0. The second kappa shape index (κ2) is 8.27. The highest BCUT2D eigenvalue weighted by Crippen LogP contribution is 2.12. The SMILES string of the molecule is CC1CN(/C=C(/C#N)C(=O)NCCCC(=O)O)CC(C)O1. The van der Waals surface area contributed by atoms with Crippen molar-refractivity contribution in [3.8, 4) is 6.07 Å². The van der Waals surface area contributed by atoms with Crippen molar-refractivity contribution in [1.82, 2.24) is 10.2 Å². The lowest BCUT2D eigenvalue weighted by atomic mass is 10.2. The van der Waals surface area contributed by atoms with Gasteiger partial charge in [0.05, 0.1) is 12.2 Å². The fraction of sp³-hybridized carbons (Fsp3) is 0.643. The van der Waals surface area contributed by atoms with Crippen LogP contribution >= 0.6 is 0 Å². The van der Waals surface area contributed by atoms with Gasteiger partial charge in [-0.1, -0.05) is 0 Å². The van der Waals surface area contributed by atoms with E-state index in [2.05, 4.69) is 5.32 Å². The van der Waals surface area contributed by atoms with Crippen LogP contribution in [0.4, 0.5) is 0 Å². The number of carboxylic acid groups (broad SMARTS) is 1. The van der Waals surface area contributed by atoms with Crippen LogP contribution in [0.5, 0.6) is 0 Å². The minimum atomic E-state index is -0.906. The highest BCUT2D eigenvalue weighted by molar-refractivity contribution is 5.97. The number of aliphatic carboxylic acids is 1. The number of morpholine rings is 1. The van der Waals surface area contributed by atoms with E-state index in [0.29, 0.717) is 19.5 Å². The molecule has 7 nitrogen and oxygen atoms in total. The van der Waals surface area contributed by atoms with Crippen molar-refractivity contribution in [3.63, 3.8) is 0 Å². The Morgan fingerprint density at radius 1 is 1.43 bits per heavy atom. The summed E-state index contributed by atoms with van der Waals surface area (Å²) in [5.41, 5.74) is 0.0200. The molecular weight excluding hydrogens is 274 g/mol. The fourth-order valence-electron chi connectivity index (χ4n) is 2.18. The van der Waals surface area contributed by atoms with Gasteiger partial charge in [-0.2, -0.15) is 5.26 Å². The number of rotatable bonds is 6. The van der Waals surface area contributed by atoms with Gasteiger partial charge in [-0.05, 0) is 20.3 Å². The second-order valence-corrected chi connectivity index (χ2v) is 5.12. The Bertz CT molecular complexity index is 446. The highest BCUT2D eigenvalue weighted by Gasteiger charge is 2.21. The number of carbonyl (C=O) groups is 2. The van der Waals surface area contributed by atoms with Crippen LogP contribution in [0, 0.1) is 11.3 Å². The largest absolute Gasteiger partial charge is 0.481 e. The predicted octanol–water partition coefficient (Wildman–Crippen LogP) is 0.484. The molecule has 1 rings (SSSR count). The third kappa shape index (κ3) is 6.27. The summed E-state index contributed by atoms with van der Waals surface area (Å²) in [5, 5.41) is 20.1. The van der Waals surface area contributed by atoms with E-state index >= 15 is 0 Å². The number of amides is 1. The average molecular weight is 295 g/mol. The summed E-state index contributed by atoms with van der Waals surface area (Å²) in [6.45, 7) is 5.37. The van der Waals surface area contributed by atoms with Crippen molar-refractivity contribution in [2.45, 2.75) is 38.9 Å².